The first-order chi connectivity index (χ1) is 7.12. The van der Waals surface area contributed by atoms with Gasteiger partial charge in [0.2, 0.25) is 5.60 Å². The molecule has 15 heavy (non-hydrogen) atoms. The maximum absolute atomic E-state index is 10.9. The number of aliphatic carboxylic acids is 1. The van der Waals surface area contributed by atoms with Gasteiger partial charge in [-0.15, -0.1) is 0 Å². The molecular formula is C10H10N2O3. The molecular weight excluding hydrogens is 196 g/mol. The molecule has 5 heteroatoms. The van der Waals surface area contributed by atoms with Gasteiger partial charge in [-0.25, -0.2) is 4.79 Å². The van der Waals surface area contributed by atoms with Crippen LogP contribution in [0.25, 0.3) is 0 Å². The smallest absolute Gasteiger partial charge is 0.351 e. The Morgan fingerprint density at radius 2 is 2.20 bits per heavy atom. The first-order valence-corrected chi connectivity index (χ1v) is 4.51. The Labute approximate surface area is 86.4 Å². The van der Waals surface area contributed by atoms with Crippen LogP contribution in [-0.2, 0) is 9.63 Å². The maximum atomic E-state index is 10.9. The van der Waals surface area contributed by atoms with E-state index in [1.165, 1.54) is 6.92 Å². The Bertz CT molecular complexity index is 416. The van der Waals surface area contributed by atoms with E-state index in [1.54, 1.807) is 24.5 Å². The summed E-state index contributed by atoms with van der Waals surface area (Å²) in [5.41, 5.74) is 0.246. The number of hydrogen-bond donors (Lipinski definition) is 1. The van der Waals surface area contributed by atoms with Gasteiger partial charge >= 0.3 is 5.97 Å². The third-order valence-electron chi connectivity index (χ3n) is 2.33. The van der Waals surface area contributed by atoms with E-state index in [0.29, 0.717) is 5.71 Å². The number of carboxylic acids is 1. The molecule has 0 radical (unpaired) electrons. The zero-order valence-electron chi connectivity index (χ0n) is 8.17. The van der Waals surface area contributed by atoms with Gasteiger partial charge in [0, 0.05) is 24.4 Å². The molecule has 1 aromatic heterocycles. The molecule has 0 amide bonds. The summed E-state index contributed by atoms with van der Waals surface area (Å²) in [4.78, 5) is 19.7. The predicted molar refractivity (Wildman–Crippen MR) is 52.5 cm³/mol. The second-order valence-corrected chi connectivity index (χ2v) is 3.58. The molecule has 1 N–H and O–H groups in total. The Morgan fingerprint density at radius 1 is 1.53 bits per heavy atom. The van der Waals surface area contributed by atoms with Crippen LogP contribution in [0.15, 0.2) is 29.7 Å². The quantitative estimate of drug-likeness (QED) is 0.785. The fourth-order valence-corrected chi connectivity index (χ4v) is 1.35. The molecule has 0 bridgehead atoms. The van der Waals surface area contributed by atoms with Gasteiger partial charge in [-0.3, -0.25) is 4.98 Å². The number of carbonyl (C=O) groups is 1. The number of nitrogens with zero attached hydrogens (tertiary/aromatic N) is 2. The van der Waals surface area contributed by atoms with Gasteiger partial charge in [-0.05, 0) is 19.1 Å². The average Bonchev–Trinajstić information content (AvgIpc) is 2.64. The van der Waals surface area contributed by atoms with E-state index < -0.39 is 11.6 Å². The van der Waals surface area contributed by atoms with E-state index in [1.807, 2.05) is 0 Å². The topological polar surface area (TPSA) is 71.8 Å². The third-order valence-corrected chi connectivity index (χ3v) is 2.33. The Hall–Kier alpha value is -1.91. The lowest BCUT2D eigenvalue weighted by molar-refractivity contribution is -0.160. The van der Waals surface area contributed by atoms with E-state index in [0.717, 1.165) is 5.56 Å². The van der Waals surface area contributed by atoms with E-state index in [9.17, 15) is 4.79 Å². The van der Waals surface area contributed by atoms with Crippen molar-refractivity contribution in [2.45, 2.75) is 18.9 Å². The van der Waals surface area contributed by atoms with Crippen LogP contribution in [0.1, 0.15) is 18.9 Å². The summed E-state index contributed by atoms with van der Waals surface area (Å²) in [6.45, 7) is 1.51. The molecule has 0 saturated heterocycles. The lowest BCUT2D eigenvalue weighted by Gasteiger charge is -2.14. The van der Waals surface area contributed by atoms with Crippen LogP contribution in [0.2, 0.25) is 0 Å². The van der Waals surface area contributed by atoms with Gasteiger partial charge in [0.1, 0.15) is 0 Å². The minimum absolute atomic E-state index is 0.270. The van der Waals surface area contributed by atoms with Crippen molar-refractivity contribution in [2.75, 3.05) is 0 Å². The second kappa shape index (κ2) is 3.34. The van der Waals surface area contributed by atoms with Gasteiger partial charge in [0.15, 0.2) is 0 Å². The first-order valence-electron chi connectivity index (χ1n) is 4.51. The Morgan fingerprint density at radius 3 is 2.73 bits per heavy atom. The first kappa shape index (κ1) is 9.64. The molecule has 0 aromatic carbocycles. The van der Waals surface area contributed by atoms with Crippen LogP contribution in [0.3, 0.4) is 0 Å². The zero-order valence-corrected chi connectivity index (χ0v) is 8.17. The van der Waals surface area contributed by atoms with Gasteiger partial charge in [-0.1, -0.05) is 5.16 Å². The highest BCUT2D eigenvalue weighted by Crippen LogP contribution is 2.26. The third kappa shape index (κ3) is 1.68. The van der Waals surface area contributed by atoms with Crippen LogP contribution < -0.4 is 0 Å². The van der Waals surface area contributed by atoms with Crippen molar-refractivity contribution in [1.82, 2.24) is 4.98 Å². The number of pyridine rings is 1. The van der Waals surface area contributed by atoms with Gasteiger partial charge in [0.25, 0.3) is 0 Å². The van der Waals surface area contributed by atoms with E-state index in [-0.39, 0.29) is 6.42 Å². The average molecular weight is 206 g/mol. The molecule has 5 nitrogen and oxygen atoms in total. The highest BCUT2D eigenvalue weighted by Gasteiger charge is 2.42. The lowest BCUT2D eigenvalue weighted by Crippen LogP contribution is -2.35. The van der Waals surface area contributed by atoms with Crippen LogP contribution in [0.5, 0.6) is 0 Å². The summed E-state index contributed by atoms with van der Waals surface area (Å²) in [5, 5.41) is 12.7. The van der Waals surface area contributed by atoms with Crippen LogP contribution in [0, 0.1) is 0 Å². The van der Waals surface area contributed by atoms with Gasteiger partial charge in [-0.2, -0.15) is 0 Å². The highest BCUT2D eigenvalue weighted by molar-refractivity contribution is 6.04. The summed E-state index contributed by atoms with van der Waals surface area (Å²) >= 11 is 0. The predicted octanol–water partition coefficient (Wildman–Crippen LogP) is 1.05. The van der Waals surface area contributed by atoms with Crippen molar-refractivity contribution in [3.63, 3.8) is 0 Å². The lowest BCUT2D eigenvalue weighted by atomic mass is 9.97. The van der Waals surface area contributed by atoms with Crippen LogP contribution in [-0.4, -0.2) is 27.4 Å². The summed E-state index contributed by atoms with van der Waals surface area (Å²) in [6.07, 6.45) is 3.54. The summed E-state index contributed by atoms with van der Waals surface area (Å²) < 4.78 is 0. The summed E-state index contributed by atoms with van der Waals surface area (Å²) in [6, 6.07) is 3.55. The molecule has 0 saturated carbocycles. The van der Waals surface area contributed by atoms with Crippen molar-refractivity contribution in [3.8, 4) is 0 Å². The minimum atomic E-state index is -1.24. The molecule has 1 atom stereocenters. The minimum Gasteiger partial charge on any atom is -0.478 e. The molecule has 1 aliphatic heterocycles. The fourth-order valence-electron chi connectivity index (χ4n) is 1.35. The van der Waals surface area contributed by atoms with Crippen LogP contribution in [0.4, 0.5) is 0 Å². The normalized spacial score (nSPS) is 24.5. The molecule has 1 aromatic rings. The van der Waals surface area contributed by atoms with E-state index in [2.05, 4.69) is 10.1 Å². The standard InChI is InChI=1S/C10H10N2O3/c1-10(9(13)14)6-8(12-15-10)7-2-4-11-5-3-7/h2-5H,6H2,1H3,(H,13,14). The maximum Gasteiger partial charge on any atom is 0.351 e. The van der Waals surface area contributed by atoms with Crippen LogP contribution >= 0.6 is 0 Å². The molecule has 78 valence electrons. The number of rotatable bonds is 2. The number of carboxylic acid groups (broad SMARTS) is 1. The van der Waals surface area contributed by atoms with E-state index in [4.69, 9.17) is 9.94 Å². The zero-order chi connectivity index (χ0) is 10.9. The van der Waals surface area contributed by atoms with Crippen molar-refractivity contribution < 1.29 is 14.7 Å². The van der Waals surface area contributed by atoms with Crippen molar-refractivity contribution in [2.24, 2.45) is 5.16 Å². The molecule has 1 aliphatic rings. The summed E-state index contributed by atoms with van der Waals surface area (Å²) in [5.74, 6) is -1.00. The molecule has 1 unspecified atom stereocenters. The molecule has 0 spiro atoms. The van der Waals surface area contributed by atoms with Gasteiger partial charge < -0.3 is 9.94 Å². The molecule has 2 rings (SSSR count). The second-order valence-electron chi connectivity index (χ2n) is 3.58. The van der Waals surface area contributed by atoms with Crippen molar-refractivity contribution in [1.29, 1.82) is 0 Å². The molecule has 2 heterocycles. The molecule has 0 fully saturated rings. The SMILES string of the molecule is CC1(C(=O)O)CC(c2ccncc2)=NO1. The van der Waals surface area contributed by atoms with E-state index >= 15 is 0 Å². The number of aromatic nitrogens is 1. The molecule has 0 aliphatic carbocycles. The summed E-state index contributed by atoms with van der Waals surface area (Å²) in [7, 11) is 0. The Balaban J connectivity index is 2.21. The highest BCUT2D eigenvalue weighted by atomic mass is 16.7. The number of oxime groups is 1. The van der Waals surface area contributed by atoms with Gasteiger partial charge in [0.05, 0.1) is 5.71 Å². The fraction of sp³-hybridized carbons (Fsp3) is 0.300. The number of hydrogen-bond acceptors (Lipinski definition) is 4. The van der Waals surface area contributed by atoms with Crippen molar-refractivity contribution in [3.05, 3.63) is 30.1 Å². The van der Waals surface area contributed by atoms with Crippen molar-refractivity contribution >= 4 is 11.7 Å². The largest absolute Gasteiger partial charge is 0.478 e. The Kier molecular flexibility index (Phi) is 2.15. The monoisotopic (exact) mass is 206 g/mol.